The Morgan fingerprint density at radius 1 is 0.951 bits per heavy atom. The fraction of sp³-hybridized carbons (Fsp3) is 0.160. The third-order valence-corrected chi connectivity index (χ3v) is 6.92. The first-order chi connectivity index (χ1) is 18.9. The lowest BCUT2D eigenvalue weighted by Crippen LogP contribution is -2.30. The van der Waals surface area contributed by atoms with Gasteiger partial charge in [0.15, 0.2) is 17.2 Å². The third-order valence-electron chi connectivity index (χ3n) is 6.05. The average molecular weight is 611 g/mol. The Morgan fingerprint density at radius 3 is 2.24 bits per heavy atom. The van der Waals surface area contributed by atoms with Crippen LogP contribution < -0.4 is 14.7 Å². The number of rotatable bonds is 4. The number of carbonyl (C=O) groups excluding carboxylic acids is 1. The Hall–Kier alpha value is -3.77. The number of hydrogen-bond donors (Lipinski definition) is 4. The second-order valence-corrected chi connectivity index (χ2v) is 11.7. The molecule has 2 heterocycles. The van der Waals surface area contributed by atoms with E-state index >= 15 is 0 Å². The summed E-state index contributed by atoms with van der Waals surface area (Å²) in [6, 6.07) is 6.46. The van der Waals surface area contributed by atoms with Crippen LogP contribution in [0.3, 0.4) is 0 Å². The molecule has 0 saturated heterocycles. The van der Waals surface area contributed by atoms with Gasteiger partial charge in [0.1, 0.15) is 5.75 Å². The number of nitrogens with zero attached hydrogens (tertiary/aromatic N) is 1. The standard InChI is InChI=1S/C15H14NO5P.C10H7F2O6P/c1-15(2)11-7-9(17)3-5-13(11)16-14-6-4-10(8-12(14)15)21-22(18,19)20;1-4-2-7(13)17-9-5(4)3-6(11)10(8(9)12)18-19(14,15)16/h3-8H,1-2H3,(H2,18,19,20);2-3H,1H3,(H2,14,15,16). The van der Waals surface area contributed by atoms with E-state index in [0.717, 1.165) is 29.0 Å². The second-order valence-electron chi connectivity index (χ2n) is 9.39. The molecule has 0 unspecified atom stereocenters. The molecule has 2 aliphatic rings. The first kappa shape index (κ1) is 30.2. The first-order valence-electron chi connectivity index (χ1n) is 11.5. The number of fused-ring (bicyclic) bond motifs is 3. The topological polar surface area (TPSA) is 193 Å². The molecule has 216 valence electrons. The SMILES string of the molecule is CC1(C)C2=CC(=O)C=CC2=Nc2ccc(OP(=O)(O)O)cc21.Cc1cc(=O)oc2c(F)c(OP(=O)(O)O)c(F)cc12. The van der Waals surface area contributed by atoms with Crippen molar-refractivity contribution in [3.8, 4) is 11.5 Å². The molecular weight excluding hydrogens is 590 g/mol. The minimum Gasteiger partial charge on any atom is -0.419 e. The molecule has 1 aliphatic carbocycles. The van der Waals surface area contributed by atoms with Crippen LogP contribution in [0.15, 0.2) is 68.3 Å². The Morgan fingerprint density at radius 2 is 1.61 bits per heavy atom. The summed E-state index contributed by atoms with van der Waals surface area (Å²) in [6.45, 7) is 5.29. The van der Waals surface area contributed by atoms with Gasteiger partial charge in [0, 0.05) is 16.9 Å². The number of aliphatic imine (C=N–C) groups is 1. The summed E-state index contributed by atoms with van der Waals surface area (Å²) in [7, 11) is -9.76. The number of hydrogen-bond acceptors (Lipinski definition) is 8. The summed E-state index contributed by atoms with van der Waals surface area (Å²) in [6.07, 6.45) is 4.69. The number of halogens is 2. The van der Waals surface area contributed by atoms with Crippen LogP contribution >= 0.6 is 15.6 Å². The van der Waals surface area contributed by atoms with Gasteiger partial charge in [-0.05, 0) is 66.1 Å². The van der Waals surface area contributed by atoms with Gasteiger partial charge >= 0.3 is 21.3 Å². The summed E-state index contributed by atoms with van der Waals surface area (Å²) < 4.78 is 62.1. The van der Waals surface area contributed by atoms with Gasteiger partial charge in [-0.25, -0.2) is 23.3 Å². The maximum atomic E-state index is 13.9. The number of aryl methyl sites for hydroxylation is 1. The van der Waals surface area contributed by atoms with Crippen molar-refractivity contribution in [2.45, 2.75) is 26.2 Å². The minimum atomic E-state index is -5.14. The maximum Gasteiger partial charge on any atom is 0.525 e. The number of benzene rings is 2. The molecule has 1 aliphatic heterocycles. The predicted octanol–water partition coefficient (Wildman–Crippen LogP) is 4.44. The van der Waals surface area contributed by atoms with Gasteiger partial charge in [0.2, 0.25) is 11.6 Å². The van der Waals surface area contributed by atoms with Gasteiger partial charge in [0.05, 0.1) is 11.4 Å². The molecule has 0 fully saturated rings. The Labute approximate surface area is 229 Å². The molecule has 0 atom stereocenters. The molecule has 3 aromatic rings. The van der Waals surface area contributed by atoms with E-state index < -0.39 is 49.7 Å². The summed E-state index contributed by atoms with van der Waals surface area (Å²) in [5.41, 5.74) is 1.16. The summed E-state index contributed by atoms with van der Waals surface area (Å²) in [5.74, 6) is -4.14. The van der Waals surface area contributed by atoms with Crippen molar-refractivity contribution in [3.05, 3.63) is 87.3 Å². The molecule has 0 spiro atoms. The summed E-state index contributed by atoms with van der Waals surface area (Å²) in [5, 5.41) is -0.0346. The van der Waals surface area contributed by atoms with Gasteiger partial charge < -0.3 is 13.5 Å². The molecule has 0 saturated carbocycles. The fourth-order valence-corrected chi connectivity index (χ4v) is 5.05. The monoisotopic (exact) mass is 611 g/mol. The first-order valence-corrected chi connectivity index (χ1v) is 14.5. The molecule has 5 rings (SSSR count). The van der Waals surface area contributed by atoms with Crippen molar-refractivity contribution in [2.24, 2.45) is 4.99 Å². The third kappa shape index (κ3) is 6.59. The minimum absolute atomic E-state index is 0.0346. The lowest BCUT2D eigenvalue weighted by molar-refractivity contribution is -0.110. The molecular formula is C25H21F2NO11P2. The second kappa shape index (κ2) is 10.6. The van der Waals surface area contributed by atoms with Gasteiger partial charge in [-0.2, -0.15) is 4.39 Å². The van der Waals surface area contributed by atoms with E-state index in [9.17, 15) is 27.5 Å². The molecule has 0 amide bonds. The Kier molecular flexibility index (Phi) is 7.78. The van der Waals surface area contributed by atoms with Crippen molar-refractivity contribution in [1.82, 2.24) is 0 Å². The Bertz CT molecular complexity index is 1850. The highest BCUT2D eigenvalue weighted by Gasteiger charge is 2.36. The van der Waals surface area contributed by atoms with Crippen LogP contribution in [0.5, 0.6) is 11.5 Å². The van der Waals surface area contributed by atoms with E-state index in [-0.39, 0.29) is 22.5 Å². The van der Waals surface area contributed by atoms with Crippen LogP contribution in [-0.4, -0.2) is 31.1 Å². The fourth-order valence-electron chi connectivity index (χ4n) is 4.26. The van der Waals surface area contributed by atoms with Crippen LogP contribution in [0.1, 0.15) is 25.0 Å². The molecule has 0 bridgehead atoms. The predicted molar refractivity (Wildman–Crippen MR) is 141 cm³/mol. The van der Waals surface area contributed by atoms with Crippen LogP contribution in [-0.2, 0) is 19.3 Å². The van der Waals surface area contributed by atoms with Gasteiger partial charge in [0.25, 0.3) is 0 Å². The van der Waals surface area contributed by atoms with E-state index in [1.807, 2.05) is 13.8 Å². The van der Waals surface area contributed by atoms with E-state index in [4.69, 9.17) is 19.6 Å². The number of ketones is 1. The number of allylic oxidation sites excluding steroid dienone is 4. The lowest BCUT2D eigenvalue weighted by Gasteiger charge is -2.34. The van der Waals surface area contributed by atoms with Crippen molar-refractivity contribution < 1.29 is 55.7 Å². The van der Waals surface area contributed by atoms with E-state index in [1.54, 1.807) is 18.2 Å². The van der Waals surface area contributed by atoms with E-state index in [0.29, 0.717) is 5.69 Å². The van der Waals surface area contributed by atoms with Crippen molar-refractivity contribution in [3.63, 3.8) is 0 Å². The zero-order valence-electron chi connectivity index (χ0n) is 21.4. The van der Waals surface area contributed by atoms with Gasteiger partial charge in [-0.15, -0.1) is 0 Å². The highest BCUT2D eigenvalue weighted by molar-refractivity contribution is 7.47. The number of phosphoric acid groups is 2. The summed E-state index contributed by atoms with van der Waals surface area (Å²) in [4.78, 5) is 62.2. The van der Waals surface area contributed by atoms with Gasteiger partial charge in [-0.1, -0.05) is 13.8 Å². The molecule has 4 N–H and O–H groups in total. The van der Waals surface area contributed by atoms with Crippen LogP contribution in [0.4, 0.5) is 14.5 Å². The molecule has 0 radical (unpaired) electrons. The van der Waals surface area contributed by atoms with E-state index in [2.05, 4.69) is 18.5 Å². The molecule has 1 aromatic heterocycles. The number of phosphoric ester groups is 2. The largest absolute Gasteiger partial charge is 0.525 e. The van der Waals surface area contributed by atoms with Crippen molar-refractivity contribution in [2.75, 3.05) is 0 Å². The van der Waals surface area contributed by atoms with Crippen molar-refractivity contribution >= 4 is 43.8 Å². The zero-order chi connectivity index (χ0) is 30.5. The highest BCUT2D eigenvalue weighted by atomic mass is 31.2. The summed E-state index contributed by atoms with van der Waals surface area (Å²) >= 11 is 0. The van der Waals surface area contributed by atoms with Crippen LogP contribution in [0, 0.1) is 18.6 Å². The number of carbonyl (C=O) groups is 1. The highest BCUT2D eigenvalue weighted by Crippen LogP contribution is 2.47. The molecule has 2 aromatic carbocycles. The quantitative estimate of drug-likeness (QED) is 0.185. The smallest absolute Gasteiger partial charge is 0.419 e. The lowest BCUT2D eigenvalue weighted by atomic mass is 9.71. The molecule has 41 heavy (non-hydrogen) atoms. The maximum absolute atomic E-state index is 13.9. The van der Waals surface area contributed by atoms with E-state index in [1.165, 1.54) is 25.1 Å². The van der Waals surface area contributed by atoms with Crippen molar-refractivity contribution in [1.29, 1.82) is 0 Å². The Balaban J connectivity index is 0.000000191. The zero-order valence-corrected chi connectivity index (χ0v) is 23.2. The average Bonchev–Trinajstić information content (AvgIpc) is 2.83. The normalized spacial score (nSPS) is 15.7. The molecule has 16 heteroatoms. The van der Waals surface area contributed by atoms with Crippen LogP contribution in [0.2, 0.25) is 0 Å². The van der Waals surface area contributed by atoms with Crippen LogP contribution in [0.25, 0.3) is 11.0 Å². The van der Waals surface area contributed by atoms with Gasteiger partial charge in [-0.3, -0.25) is 24.4 Å². The molecule has 12 nitrogen and oxygen atoms in total.